The number of hydrogen-bond donors (Lipinski definition) is 2. The molecule has 1 amide bonds. The summed E-state index contributed by atoms with van der Waals surface area (Å²) in [7, 11) is 1.64. The Balaban J connectivity index is 1.33. The maximum absolute atomic E-state index is 12.5. The molecular weight excluding hydrogens is 464 g/mol. The molecule has 0 saturated heterocycles. The summed E-state index contributed by atoms with van der Waals surface area (Å²) in [5, 5.41) is 21.9. The van der Waals surface area contributed by atoms with Crippen molar-refractivity contribution in [2.24, 2.45) is 0 Å². The molecule has 0 atom stereocenters. The molecular formula is C29H22N6O2. The normalized spacial score (nSPS) is 10.9. The van der Waals surface area contributed by atoms with Crippen molar-refractivity contribution in [3.8, 4) is 17.1 Å². The highest BCUT2D eigenvalue weighted by Gasteiger charge is 2.16. The third-order valence-electron chi connectivity index (χ3n) is 6.05. The Morgan fingerprint density at radius 1 is 0.757 bits per heavy atom. The summed E-state index contributed by atoms with van der Waals surface area (Å²) in [6, 6.07) is 32.2. The number of fused-ring (bicyclic) bond motifs is 3. The Morgan fingerprint density at radius 3 is 2.16 bits per heavy atom. The number of anilines is 3. The van der Waals surface area contributed by atoms with E-state index in [9.17, 15) is 4.79 Å². The zero-order valence-electron chi connectivity index (χ0n) is 19.9. The van der Waals surface area contributed by atoms with Crippen molar-refractivity contribution in [1.82, 2.24) is 19.8 Å². The van der Waals surface area contributed by atoms with E-state index in [2.05, 4.69) is 20.8 Å². The lowest BCUT2D eigenvalue weighted by molar-refractivity contribution is 0.102. The molecule has 0 saturated carbocycles. The van der Waals surface area contributed by atoms with Crippen LogP contribution < -0.4 is 15.4 Å². The predicted molar refractivity (Wildman–Crippen MR) is 144 cm³/mol. The average molecular weight is 487 g/mol. The van der Waals surface area contributed by atoms with E-state index >= 15 is 0 Å². The van der Waals surface area contributed by atoms with Gasteiger partial charge in [-0.2, -0.15) is 4.52 Å². The summed E-state index contributed by atoms with van der Waals surface area (Å²) in [4.78, 5) is 12.5. The van der Waals surface area contributed by atoms with Crippen LogP contribution in [0.4, 0.5) is 17.2 Å². The monoisotopic (exact) mass is 486 g/mol. The standard InChI is InChI=1S/C29H22N6O2/c1-37-23-17-11-19(12-18-23)27-32-33-28-25-10-6-5-9-24(25)26(34-35(27)28)30-21-13-15-22(16-14-21)31-29(36)20-7-3-2-4-8-20/h2-18H,1H3,(H,30,34)(H,31,36). The summed E-state index contributed by atoms with van der Waals surface area (Å²) in [6.07, 6.45) is 0. The molecule has 2 N–H and O–H groups in total. The lowest BCUT2D eigenvalue weighted by Gasteiger charge is -2.12. The number of methoxy groups -OCH3 is 1. The van der Waals surface area contributed by atoms with E-state index < -0.39 is 0 Å². The van der Waals surface area contributed by atoms with Gasteiger partial charge < -0.3 is 15.4 Å². The maximum atomic E-state index is 12.5. The van der Waals surface area contributed by atoms with Crippen LogP contribution in [0.1, 0.15) is 10.4 Å². The number of ether oxygens (including phenoxy) is 1. The third-order valence-corrected chi connectivity index (χ3v) is 6.05. The van der Waals surface area contributed by atoms with E-state index in [0.29, 0.717) is 28.5 Å². The van der Waals surface area contributed by atoms with Crippen LogP contribution in [0.3, 0.4) is 0 Å². The van der Waals surface area contributed by atoms with Crippen molar-refractivity contribution in [2.75, 3.05) is 17.7 Å². The number of carbonyl (C=O) groups excluding carboxylic acids is 1. The van der Waals surface area contributed by atoms with Gasteiger partial charge in [0, 0.05) is 33.3 Å². The Kier molecular flexibility index (Phi) is 5.67. The summed E-state index contributed by atoms with van der Waals surface area (Å²) < 4.78 is 7.03. The number of carbonyl (C=O) groups is 1. The van der Waals surface area contributed by atoms with Crippen LogP contribution in [0.15, 0.2) is 103 Å². The van der Waals surface area contributed by atoms with Crippen LogP contribution in [-0.2, 0) is 0 Å². The van der Waals surface area contributed by atoms with Crippen molar-refractivity contribution in [3.63, 3.8) is 0 Å². The van der Waals surface area contributed by atoms with Crippen LogP contribution in [0, 0.1) is 0 Å². The first-order valence-corrected chi connectivity index (χ1v) is 11.7. The predicted octanol–water partition coefficient (Wildman–Crippen LogP) is 5.95. The van der Waals surface area contributed by atoms with Crippen LogP contribution in [0.5, 0.6) is 5.75 Å². The smallest absolute Gasteiger partial charge is 0.255 e. The van der Waals surface area contributed by atoms with Crippen molar-refractivity contribution >= 4 is 39.5 Å². The van der Waals surface area contributed by atoms with E-state index in [1.807, 2.05) is 91.0 Å². The van der Waals surface area contributed by atoms with Gasteiger partial charge in [0.2, 0.25) is 0 Å². The summed E-state index contributed by atoms with van der Waals surface area (Å²) in [5.74, 6) is 1.91. The molecule has 0 unspecified atom stereocenters. The molecule has 2 aromatic heterocycles. The highest BCUT2D eigenvalue weighted by atomic mass is 16.5. The zero-order valence-corrected chi connectivity index (χ0v) is 19.9. The van der Waals surface area contributed by atoms with Crippen molar-refractivity contribution in [3.05, 3.63) is 109 Å². The molecule has 0 aliphatic heterocycles. The Labute approximate surface area is 212 Å². The number of nitrogens with zero attached hydrogens (tertiary/aromatic N) is 4. The largest absolute Gasteiger partial charge is 0.497 e. The second-order valence-electron chi connectivity index (χ2n) is 8.40. The lowest BCUT2D eigenvalue weighted by Crippen LogP contribution is -2.11. The molecule has 2 heterocycles. The SMILES string of the molecule is COc1ccc(-c2nnc3c4ccccc4c(Nc4ccc(NC(=O)c5ccccc5)cc4)nn23)cc1. The second kappa shape index (κ2) is 9.43. The van der Waals surface area contributed by atoms with E-state index in [1.165, 1.54) is 0 Å². The molecule has 37 heavy (non-hydrogen) atoms. The highest BCUT2D eigenvalue weighted by molar-refractivity contribution is 6.04. The molecule has 0 aliphatic carbocycles. The number of aromatic nitrogens is 4. The summed E-state index contributed by atoms with van der Waals surface area (Å²) >= 11 is 0. The molecule has 0 fully saturated rings. The molecule has 0 bridgehead atoms. The van der Waals surface area contributed by atoms with Crippen LogP contribution >= 0.6 is 0 Å². The lowest BCUT2D eigenvalue weighted by atomic mass is 10.1. The number of benzene rings is 4. The second-order valence-corrected chi connectivity index (χ2v) is 8.40. The van der Waals surface area contributed by atoms with Gasteiger partial charge in [-0.15, -0.1) is 15.3 Å². The average Bonchev–Trinajstić information content (AvgIpc) is 3.39. The van der Waals surface area contributed by atoms with Gasteiger partial charge in [-0.25, -0.2) is 0 Å². The van der Waals surface area contributed by atoms with E-state index in [0.717, 1.165) is 27.8 Å². The van der Waals surface area contributed by atoms with E-state index in [1.54, 1.807) is 23.8 Å². The van der Waals surface area contributed by atoms with Crippen molar-refractivity contribution in [1.29, 1.82) is 0 Å². The summed E-state index contributed by atoms with van der Waals surface area (Å²) in [6.45, 7) is 0. The molecule has 6 aromatic rings. The molecule has 6 rings (SSSR count). The third kappa shape index (κ3) is 4.32. The van der Waals surface area contributed by atoms with Gasteiger partial charge in [-0.1, -0.05) is 42.5 Å². The Hall–Kier alpha value is -5.24. The van der Waals surface area contributed by atoms with Crippen molar-refractivity contribution in [2.45, 2.75) is 0 Å². The minimum absolute atomic E-state index is 0.155. The van der Waals surface area contributed by atoms with Gasteiger partial charge in [0.15, 0.2) is 17.3 Å². The quantitative estimate of drug-likeness (QED) is 0.302. The molecule has 4 aromatic carbocycles. The van der Waals surface area contributed by atoms with Crippen LogP contribution in [0.25, 0.3) is 27.8 Å². The number of nitrogens with one attached hydrogen (secondary N) is 2. The minimum Gasteiger partial charge on any atom is -0.497 e. The highest BCUT2D eigenvalue weighted by Crippen LogP contribution is 2.30. The molecule has 0 spiro atoms. The zero-order chi connectivity index (χ0) is 25.2. The van der Waals surface area contributed by atoms with Gasteiger partial charge in [-0.3, -0.25) is 4.79 Å². The molecule has 180 valence electrons. The fourth-order valence-corrected chi connectivity index (χ4v) is 4.16. The number of rotatable bonds is 6. The van der Waals surface area contributed by atoms with Crippen LogP contribution in [-0.4, -0.2) is 32.8 Å². The molecule has 8 nitrogen and oxygen atoms in total. The van der Waals surface area contributed by atoms with E-state index in [-0.39, 0.29) is 5.91 Å². The topological polar surface area (TPSA) is 93.4 Å². The van der Waals surface area contributed by atoms with Gasteiger partial charge in [0.25, 0.3) is 5.91 Å². The molecule has 8 heteroatoms. The fourth-order valence-electron chi connectivity index (χ4n) is 4.16. The number of amides is 1. The number of hydrogen-bond acceptors (Lipinski definition) is 6. The first kappa shape index (κ1) is 22.2. The summed E-state index contributed by atoms with van der Waals surface area (Å²) in [5.41, 5.74) is 3.68. The molecule has 0 radical (unpaired) electrons. The first-order chi connectivity index (χ1) is 18.2. The van der Waals surface area contributed by atoms with E-state index in [4.69, 9.17) is 9.84 Å². The van der Waals surface area contributed by atoms with Gasteiger partial charge in [-0.05, 0) is 60.7 Å². The first-order valence-electron chi connectivity index (χ1n) is 11.7. The van der Waals surface area contributed by atoms with Gasteiger partial charge >= 0.3 is 0 Å². The minimum atomic E-state index is -0.155. The van der Waals surface area contributed by atoms with Gasteiger partial charge in [0.05, 0.1) is 7.11 Å². The van der Waals surface area contributed by atoms with Crippen molar-refractivity contribution < 1.29 is 9.53 Å². The Morgan fingerprint density at radius 2 is 1.43 bits per heavy atom. The maximum Gasteiger partial charge on any atom is 0.255 e. The fraction of sp³-hybridized carbons (Fsp3) is 0.0345. The molecule has 0 aliphatic rings. The Bertz CT molecular complexity index is 1710. The van der Waals surface area contributed by atoms with Crippen LogP contribution in [0.2, 0.25) is 0 Å². The van der Waals surface area contributed by atoms with Gasteiger partial charge in [0.1, 0.15) is 5.75 Å².